The summed E-state index contributed by atoms with van der Waals surface area (Å²) >= 11 is 6.31. The van der Waals surface area contributed by atoms with Crippen LogP contribution in [0.15, 0.2) is 48.7 Å². The highest BCUT2D eigenvalue weighted by Gasteiger charge is 2.17. The summed E-state index contributed by atoms with van der Waals surface area (Å²) in [5.41, 5.74) is 2.86. The molecule has 184 valence electrons. The number of hydrogen-bond donors (Lipinski definition) is 1. The van der Waals surface area contributed by atoms with Crippen molar-refractivity contribution in [3.05, 3.63) is 59.2 Å². The zero-order valence-corrected chi connectivity index (χ0v) is 21.0. The lowest BCUT2D eigenvalue weighted by Crippen LogP contribution is -2.44. The lowest BCUT2D eigenvalue weighted by Gasteiger charge is -2.34. The van der Waals surface area contributed by atoms with Gasteiger partial charge in [-0.3, -0.25) is 0 Å². The molecule has 9 heteroatoms. The summed E-state index contributed by atoms with van der Waals surface area (Å²) < 4.78 is 11.6. The number of nitrogens with zero attached hydrogens (tertiary/aromatic N) is 4. The number of rotatable bonds is 9. The van der Waals surface area contributed by atoms with Gasteiger partial charge in [0.2, 0.25) is 11.8 Å². The fraction of sp³-hybridized carbons (Fsp3) is 0.346. The Morgan fingerprint density at radius 2 is 1.94 bits per heavy atom. The molecule has 1 aromatic heterocycles. The maximum Gasteiger partial charge on any atom is 0.243 e. The van der Waals surface area contributed by atoms with E-state index in [0.717, 1.165) is 43.1 Å². The molecule has 2 aromatic carbocycles. The first-order chi connectivity index (χ1) is 16.9. The van der Waals surface area contributed by atoms with Gasteiger partial charge in [0, 0.05) is 44.4 Å². The Hall–Kier alpha value is -3.36. The number of benzene rings is 2. The first kappa shape index (κ1) is 24.8. The molecule has 1 aliphatic rings. The van der Waals surface area contributed by atoms with E-state index in [0.29, 0.717) is 35.3 Å². The highest BCUT2D eigenvalue weighted by Crippen LogP contribution is 2.33. The Morgan fingerprint density at radius 1 is 1.14 bits per heavy atom. The molecule has 1 aliphatic heterocycles. The number of anilines is 3. The molecule has 0 atom stereocenters. The second kappa shape index (κ2) is 11.4. The van der Waals surface area contributed by atoms with Crippen molar-refractivity contribution in [2.24, 2.45) is 0 Å². The van der Waals surface area contributed by atoms with Crippen LogP contribution in [0.4, 0.5) is 17.3 Å². The van der Waals surface area contributed by atoms with Crippen molar-refractivity contribution in [3.8, 4) is 17.4 Å². The van der Waals surface area contributed by atoms with Gasteiger partial charge in [0.1, 0.15) is 22.3 Å². The number of halogens is 1. The predicted octanol–water partition coefficient (Wildman–Crippen LogP) is 4.95. The quantitative estimate of drug-likeness (QED) is 0.446. The Bertz CT molecular complexity index is 1180. The van der Waals surface area contributed by atoms with Crippen LogP contribution >= 0.6 is 11.6 Å². The second-order valence-corrected chi connectivity index (χ2v) is 9.01. The van der Waals surface area contributed by atoms with Crippen molar-refractivity contribution in [1.29, 1.82) is 0 Å². The van der Waals surface area contributed by atoms with Crippen LogP contribution in [0.25, 0.3) is 0 Å². The number of hydrogen-bond acceptors (Lipinski definition) is 8. The Kier molecular flexibility index (Phi) is 8.05. The maximum atomic E-state index is 11.3. The third-order valence-corrected chi connectivity index (χ3v) is 6.15. The van der Waals surface area contributed by atoms with E-state index in [4.69, 9.17) is 21.1 Å². The molecule has 4 rings (SSSR count). The number of aromatic nitrogens is 2. The summed E-state index contributed by atoms with van der Waals surface area (Å²) in [5, 5.41) is 3.50. The highest BCUT2D eigenvalue weighted by molar-refractivity contribution is 6.31. The lowest BCUT2D eigenvalue weighted by atomic mass is 10.1. The van der Waals surface area contributed by atoms with Gasteiger partial charge in [-0.2, -0.15) is 4.98 Å². The van der Waals surface area contributed by atoms with Crippen molar-refractivity contribution in [1.82, 2.24) is 14.9 Å². The van der Waals surface area contributed by atoms with Gasteiger partial charge in [-0.05, 0) is 50.2 Å². The second-order valence-electron chi connectivity index (χ2n) is 8.60. The number of carbonyl (C=O) groups is 1. The van der Waals surface area contributed by atoms with Crippen LogP contribution in [0, 0.1) is 0 Å². The molecule has 0 bridgehead atoms. The predicted molar refractivity (Wildman–Crippen MR) is 139 cm³/mol. The summed E-state index contributed by atoms with van der Waals surface area (Å²) in [6, 6.07) is 13.6. The van der Waals surface area contributed by atoms with E-state index >= 15 is 0 Å². The molecule has 0 saturated carbocycles. The number of aryl methyl sites for hydroxylation is 1. The summed E-state index contributed by atoms with van der Waals surface area (Å²) in [6.07, 6.45) is 2.64. The molecule has 1 N–H and O–H groups in total. The van der Waals surface area contributed by atoms with Gasteiger partial charge in [-0.1, -0.05) is 23.7 Å². The number of ether oxygens (including phenoxy) is 2. The average Bonchev–Trinajstić information content (AvgIpc) is 2.86. The minimum Gasteiger partial charge on any atom is -0.494 e. The Balaban J connectivity index is 1.49. The minimum absolute atomic E-state index is 0.151. The third-order valence-electron chi connectivity index (χ3n) is 5.89. The molecule has 8 nitrogen and oxygen atoms in total. The van der Waals surface area contributed by atoms with E-state index in [2.05, 4.69) is 38.2 Å². The minimum atomic E-state index is 0.151. The topological polar surface area (TPSA) is 79.8 Å². The molecule has 0 spiro atoms. The number of piperazine rings is 1. The van der Waals surface area contributed by atoms with Crippen molar-refractivity contribution in [3.63, 3.8) is 0 Å². The molecule has 3 aromatic rings. The number of nitrogens with one attached hydrogen (secondary N) is 1. The molecule has 2 heterocycles. The van der Waals surface area contributed by atoms with Gasteiger partial charge >= 0.3 is 0 Å². The molecule has 0 aliphatic carbocycles. The van der Waals surface area contributed by atoms with Gasteiger partial charge in [0.05, 0.1) is 19.0 Å². The van der Waals surface area contributed by atoms with Crippen LogP contribution in [-0.2, 0) is 11.2 Å². The van der Waals surface area contributed by atoms with Crippen LogP contribution < -0.4 is 19.7 Å². The molecule has 0 radical (unpaired) electrons. The van der Waals surface area contributed by atoms with E-state index < -0.39 is 0 Å². The molecular weight excluding hydrogens is 466 g/mol. The monoisotopic (exact) mass is 495 g/mol. The van der Waals surface area contributed by atoms with E-state index in [1.165, 1.54) is 6.20 Å². The molecule has 35 heavy (non-hydrogen) atoms. The van der Waals surface area contributed by atoms with Crippen molar-refractivity contribution in [2.45, 2.75) is 19.8 Å². The smallest absolute Gasteiger partial charge is 0.243 e. The van der Waals surface area contributed by atoms with Crippen LogP contribution in [-0.4, -0.2) is 61.0 Å². The van der Waals surface area contributed by atoms with Gasteiger partial charge in [0.25, 0.3) is 0 Å². The number of methoxy groups -OCH3 is 1. The largest absolute Gasteiger partial charge is 0.494 e. The summed E-state index contributed by atoms with van der Waals surface area (Å²) in [4.78, 5) is 24.7. The van der Waals surface area contributed by atoms with Gasteiger partial charge in [-0.15, -0.1) is 0 Å². The van der Waals surface area contributed by atoms with Crippen LogP contribution in [0.2, 0.25) is 5.02 Å². The molecule has 0 unspecified atom stereocenters. The summed E-state index contributed by atoms with van der Waals surface area (Å²) in [7, 11) is 3.78. The first-order valence-corrected chi connectivity index (χ1v) is 12.0. The molecule has 1 fully saturated rings. The standard InChI is InChI=1S/C26H30ClN5O3/c1-18(33)7-8-19-5-4-6-21(15-19)35-25-22(27)17-28-26(30-25)29-23-10-9-20(16-24(23)34-3)32-13-11-31(2)12-14-32/h4-6,9-10,15-17H,7-8,11-14H2,1-3H3,(H,28,29,30). The third kappa shape index (κ3) is 6.61. The Labute approximate surface area is 210 Å². The highest BCUT2D eigenvalue weighted by atomic mass is 35.5. The first-order valence-electron chi connectivity index (χ1n) is 11.6. The van der Waals surface area contributed by atoms with Crippen molar-refractivity contribution >= 4 is 34.7 Å². The normalized spacial score (nSPS) is 14.0. The molecular formula is C26H30ClN5O3. The van der Waals surface area contributed by atoms with E-state index in [1.54, 1.807) is 14.0 Å². The Morgan fingerprint density at radius 3 is 2.69 bits per heavy atom. The van der Waals surface area contributed by atoms with Crippen molar-refractivity contribution in [2.75, 3.05) is 50.6 Å². The molecule has 1 saturated heterocycles. The maximum absolute atomic E-state index is 11.3. The SMILES string of the molecule is COc1cc(N2CCN(C)CC2)ccc1Nc1ncc(Cl)c(Oc2cccc(CCC(C)=O)c2)n1. The fourth-order valence-electron chi connectivity index (χ4n) is 3.84. The number of carbonyl (C=O) groups excluding carboxylic acids is 1. The van der Waals surface area contributed by atoms with Gasteiger partial charge in [-0.25, -0.2) is 4.98 Å². The summed E-state index contributed by atoms with van der Waals surface area (Å²) in [5.74, 6) is 2.01. The summed E-state index contributed by atoms with van der Waals surface area (Å²) in [6.45, 7) is 5.60. The van der Waals surface area contributed by atoms with Gasteiger partial charge < -0.3 is 29.4 Å². The van der Waals surface area contributed by atoms with Crippen LogP contribution in [0.3, 0.4) is 0 Å². The van der Waals surface area contributed by atoms with Crippen LogP contribution in [0.1, 0.15) is 18.9 Å². The van der Waals surface area contributed by atoms with Crippen molar-refractivity contribution < 1.29 is 14.3 Å². The zero-order valence-electron chi connectivity index (χ0n) is 20.3. The average molecular weight is 496 g/mol. The zero-order chi connectivity index (χ0) is 24.8. The lowest BCUT2D eigenvalue weighted by molar-refractivity contribution is -0.116. The van der Waals surface area contributed by atoms with E-state index in [9.17, 15) is 4.79 Å². The number of Topliss-reactive ketones (excluding diaryl/α,β-unsaturated/α-hetero) is 1. The number of likely N-dealkylation sites (N-methyl/N-ethyl adjacent to an activating group) is 1. The number of ketones is 1. The molecule has 0 amide bonds. The van der Waals surface area contributed by atoms with Crippen LogP contribution in [0.5, 0.6) is 17.4 Å². The fourth-order valence-corrected chi connectivity index (χ4v) is 3.97. The van der Waals surface area contributed by atoms with Gasteiger partial charge in [0.15, 0.2) is 0 Å². The van der Waals surface area contributed by atoms with E-state index in [1.807, 2.05) is 36.4 Å². The van der Waals surface area contributed by atoms with E-state index in [-0.39, 0.29) is 11.7 Å².